The van der Waals surface area contributed by atoms with Crippen LogP contribution in [0.15, 0.2) is 17.3 Å². The van der Waals surface area contributed by atoms with Crippen molar-refractivity contribution in [2.75, 3.05) is 18.0 Å². The second-order valence-corrected chi connectivity index (χ2v) is 7.33. The predicted molar refractivity (Wildman–Crippen MR) is 96.2 cm³/mol. The highest BCUT2D eigenvalue weighted by Crippen LogP contribution is 2.38. The van der Waals surface area contributed by atoms with E-state index in [-0.39, 0.29) is 5.69 Å². The van der Waals surface area contributed by atoms with Crippen LogP contribution in [0.5, 0.6) is 0 Å². The minimum absolute atomic E-state index is 0.0257. The van der Waals surface area contributed by atoms with Crippen LogP contribution in [-0.4, -0.2) is 47.2 Å². The van der Waals surface area contributed by atoms with Gasteiger partial charge >= 0.3 is 5.69 Å². The molecule has 136 valence electrons. The topological polar surface area (TPSA) is 86.7 Å². The summed E-state index contributed by atoms with van der Waals surface area (Å²) in [4.78, 5) is 23.5. The maximum atomic E-state index is 12.4. The average Bonchev–Trinajstić information content (AvgIpc) is 3.36. The Hall–Kier alpha value is -2.71. The molecule has 1 aliphatic heterocycles. The van der Waals surface area contributed by atoms with Gasteiger partial charge in [0, 0.05) is 39.1 Å². The monoisotopic (exact) mass is 354 g/mol. The average molecular weight is 354 g/mol. The van der Waals surface area contributed by atoms with E-state index in [9.17, 15) is 4.79 Å². The number of anilines is 1. The third kappa shape index (κ3) is 2.33. The summed E-state index contributed by atoms with van der Waals surface area (Å²) < 4.78 is 5.20. The van der Waals surface area contributed by atoms with Gasteiger partial charge in [0.05, 0.1) is 11.6 Å². The lowest BCUT2D eigenvalue weighted by atomic mass is 9.95. The predicted octanol–water partition coefficient (Wildman–Crippen LogP) is 0.977. The zero-order valence-corrected chi connectivity index (χ0v) is 15.0. The highest BCUT2D eigenvalue weighted by atomic mass is 16.2. The van der Waals surface area contributed by atoms with Gasteiger partial charge in [-0.3, -0.25) is 9.25 Å². The molecule has 0 amide bonds. The molecule has 0 N–H and O–H groups in total. The SMILES string of the molecule is Cn1nc(C2CCN(c3ncnc4c3cnn4C)CC2)n(C2CC2)c1=O. The molecular weight excluding hydrogens is 332 g/mol. The van der Waals surface area contributed by atoms with Crippen LogP contribution < -0.4 is 10.6 Å². The fraction of sp³-hybridized carbons (Fsp3) is 0.588. The molecule has 2 aliphatic rings. The largest absolute Gasteiger partial charge is 0.356 e. The van der Waals surface area contributed by atoms with Gasteiger partial charge in [0.15, 0.2) is 5.65 Å². The molecule has 9 nitrogen and oxygen atoms in total. The number of rotatable bonds is 3. The second-order valence-electron chi connectivity index (χ2n) is 7.33. The fourth-order valence-corrected chi connectivity index (χ4v) is 4.00. The van der Waals surface area contributed by atoms with E-state index in [4.69, 9.17) is 0 Å². The van der Waals surface area contributed by atoms with E-state index < -0.39 is 0 Å². The van der Waals surface area contributed by atoms with E-state index in [0.29, 0.717) is 12.0 Å². The molecule has 3 aromatic heterocycles. The van der Waals surface area contributed by atoms with Crippen LogP contribution in [0.2, 0.25) is 0 Å². The number of nitrogens with zero attached hydrogens (tertiary/aromatic N) is 8. The molecule has 0 spiro atoms. The molecular formula is C17H22N8O. The van der Waals surface area contributed by atoms with Crippen molar-refractivity contribution >= 4 is 16.9 Å². The van der Waals surface area contributed by atoms with Crippen LogP contribution in [0.4, 0.5) is 5.82 Å². The second kappa shape index (κ2) is 5.65. The first kappa shape index (κ1) is 15.5. The Bertz CT molecular complexity index is 1020. The highest BCUT2D eigenvalue weighted by Gasteiger charge is 2.34. The van der Waals surface area contributed by atoms with Crippen LogP contribution in [0.3, 0.4) is 0 Å². The molecule has 0 unspecified atom stereocenters. The van der Waals surface area contributed by atoms with Crippen molar-refractivity contribution in [2.45, 2.75) is 37.6 Å². The maximum Gasteiger partial charge on any atom is 0.345 e. The molecule has 1 aliphatic carbocycles. The molecule has 1 saturated heterocycles. The molecule has 0 atom stereocenters. The van der Waals surface area contributed by atoms with Gasteiger partial charge in [-0.25, -0.2) is 19.4 Å². The molecule has 3 aromatic rings. The first-order chi connectivity index (χ1) is 12.6. The Kier molecular flexibility index (Phi) is 3.38. The van der Waals surface area contributed by atoms with Gasteiger partial charge in [-0.2, -0.15) is 10.2 Å². The van der Waals surface area contributed by atoms with Crippen LogP contribution in [-0.2, 0) is 14.1 Å². The third-order valence-electron chi connectivity index (χ3n) is 5.56. The van der Waals surface area contributed by atoms with Crippen LogP contribution in [0.25, 0.3) is 11.0 Å². The van der Waals surface area contributed by atoms with E-state index in [0.717, 1.165) is 61.4 Å². The zero-order chi connectivity index (χ0) is 17.8. The maximum absolute atomic E-state index is 12.4. The Morgan fingerprint density at radius 2 is 1.81 bits per heavy atom. The fourth-order valence-electron chi connectivity index (χ4n) is 4.00. The summed E-state index contributed by atoms with van der Waals surface area (Å²) in [6.45, 7) is 1.78. The van der Waals surface area contributed by atoms with Gasteiger partial charge < -0.3 is 4.90 Å². The highest BCUT2D eigenvalue weighted by molar-refractivity contribution is 5.86. The van der Waals surface area contributed by atoms with E-state index >= 15 is 0 Å². The van der Waals surface area contributed by atoms with Gasteiger partial charge in [-0.15, -0.1) is 0 Å². The summed E-state index contributed by atoms with van der Waals surface area (Å²) in [5.74, 6) is 2.24. The van der Waals surface area contributed by atoms with Gasteiger partial charge in [0.1, 0.15) is 18.0 Å². The van der Waals surface area contributed by atoms with Crippen LogP contribution >= 0.6 is 0 Å². The van der Waals surface area contributed by atoms with Crippen LogP contribution in [0.1, 0.15) is 43.5 Å². The summed E-state index contributed by atoms with van der Waals surface area (Å²) in [5, 5.41) is 9.84. The number of aryl methyl sites for hydroxylation is 2. The lowest BCUT2D eigenvalue weighted by Crippen LogP contribution is -2.34. The smallest absolute Gasteiger partial charge is 0.345 e. The van der Waals surface area contributed by atoms with Crippen molar-refractivity contribution in [1.29, 1.82) is 0 Å². The summed E-state index contributed by atoms with van der Waals surface area (Å²) in [6.07, 6.45) is 7.56. The molecule has 26 heavy (non-hydrogen) atoms. The van der Waals surface area contributed by atoms with Crippen molar-refractivity contribution in [3.8, 4) is 0 Å². The lowest BCUT2D eigenvalue weighted by Gasteiger charge is -2.32. The summed E-state index contributed by atoms with van der Waals surface area (Å²) in [6, 6.07) is 0.362. The van der Waals surface area contributed by atoms with Crippen molar-refractivity contribution < 1.29 is 0 Å². The number of piperidine rings is 1. The van der Waals surface area contributed by atoms with Crippen molar-refractivity contribution in [2.24, 2.45) is 14.1 Å². The minimum atomic E-state index is 0.0257. The van der Waals surface area contributed by atoms with E-state index in [1.54, 1.807) is 18.1 Å². The molecule has 0 radical (unpaired) electrons. The Balaban J connectivity index is 1.40. The molecule has 1 saturated carbocycles. The molecule has 9 heteroatoms. The van der Waals surface area contributed by atoms with Crippen LogP contribution in [0, 0.1) is 0 Å². The molecule has 5 rings (SSSR count). The quantitative estimate of drug-likeness (QED) is 0.697. The summed E-state index contributed by atoms with van der Waals surface area (Å²) in [5.41, 5.74) is 0.877. The summed E-state index contributed by atoms with van der Waals surface area (Å²) >= 11 is 0. The third-order valence-corrected chi connectivity index (χ3v) is 5.56. The molecule has 2 fully saturated rings. The van der Waals surface area contributed by atoms with E-state index in [2.05, 4.69) is 25.1 Å². The lowest BCUT2D eigenvalue weighted by molar-refractivity contribution is 0.461. The molecule has 0 aromatic carbocycles. The minimum Gasteiger partial charge on any atom is -0.356 e. The molecule has 0 bridgehead atoms. The van der Waals surface area contributed by atoms with Crippen molar-refractivity contribution in [3.63, 3.8) is 0 Å². The van der Waals surface area contributed by atoms with Crippen molar-refractivity contribution in [1.82, 2.24) is 34.1 Å². The normalized spacial score (nSPS) is 18.8. The summed E-state index contributed by atoms with van der Waals surface area (Å²) in [7, 11) is 3.64. The number of fused-ring (bicyclic) bond motifs is 1. The first-order valence-electron chi connectivity index (χ1n) is 9.16. The van der Waals surface area contributed by atoms with Gasteiger partial charge in [0.25, 0.3) is 0 Å². The van der Waals surface area contributed by atoms with Gasteiger partial charge in [0.2, 0.25) is 0 Å². The van der Waals surface area contributed by atoms with Gasteiger partial charge in [-0.05, 0) is 25.7 Å². The Labute approximate surface area is 150 Å². The number of hydrogen-bond donors (Lipinski definition) is 0. The zero-order valence-electron chi connectivity index (χ0n) is 15.0. The number of hydrogen-bond acceptors (Lipinski definition) is 6. The van der Waals surface area contributed by atoms with Gasteiger partial charge in [-0.1, -0.05) is 0 Å². The van der Waals surface area contributed by atoms with E-state index in [1.807, 2.05) is 17.8 Å². The standard InChI is InChI=1S/C17H22N8O/c1-22-15-13(9-20-22)16(19-10-18-15)24-7-5-11(6-8-24)14-21-23(2)17(26)25(14)12-3-4-12/h9-12H,3-8H2,1-2H3. The van der Waals surface area contributed by atoms with E-state index in [1.165, 1.54) is 4.68 Å². The Morgan fingerprint density at radius 3 is 2.54 bits per heavy atom. The first-order valence-corrected chi connectivity index (χ1v) is 9.16. The van der Waals surface area contributed by atoms with Crippen molar-refractivity contribution in [3.05, 3.63) is 28.8 Å². The molecule has 4 heterocycles. The Morgan fingerprint density at radius 1 is 1.04 bits per heavy atom. The number of aromatic nitrogens is 7.